The zero-order valence-corrected chi connectivity index (χ0v) is 8.11. The van der Waals surface area contributed by atoms with Gasteiger partial charge in [-0.1, -0.05) is 5.57 Å². The summed E-state index contributed by atoms with van der Waals surface area (Å²) in [4.78, 5) is 11.5. The molecule has 0 fully saturated rings. The van der Waals surface area contributed by atoms with Gasteiger partial charge in [0.2, 0.25) is 0 Å². The average Bonchev–Trinajstić information content (AvgIpc) is 2.01. The molecule has 0 amide bonds. The van der Waals surface area contributed by atoms with Crippen LogP contribution in [-0.4, -0.2) is 16.0 Å². The number of carbonyl (C=O) groups is 1. The number of benzene rings is 1. The van der Waals surface area contributed by atoms with Crippen LogP contribution in [-0.2, 0) is 0 Å². The monoisotopic (exact) mass is 192 g/mol. The van der Waals surface area contributed by atoms with E-state index in [2.05, 4.69) is 0 Å². The zero-order chi connectivity index (χ0) is 10.7. The Balaban J connectivity index is 3.08. The lowest BCUT2D eigenvalue weighted by molar-refractivity contribution is 0.104. The average molecular weight is 192 g/mol. The fourth-order valence-electron chi connectivity index (χ4n) is 1.07. The Labute approximate surface area is 82.3 Å². The molecular weight excluding hydrogens is 180 g/mol. The minimum absolute atomic E-state index is 0.0590. The fraction of sp³-hybridized carbons (Fsp3) is 0.182. The molecular formula is C11H12O3. The van der Waals surface area contributed by atoms with Gasteiger partial charge in [0.25, 0.3) is 0 Å². The first kappa shape index (κ1) is 10.3. The van der Waals surface area contributed by atoms with Gasteiger partial charge in [-0.15, -0.1) is 0 Å². The van der Waals surface area contributed by atoms with Crippen LogP contribution in [0.5, 0.6) is 11.5 Å². The molecule has 74 valence electrons. The summed E-state index contributed by atoms with van der Waals surface area (Å²) in [5.74, 6) is -0.522. The lowest BCUT2D eigenvalue weighted by Gasteiger charge is -2.01. The first-order chi connectivity index (χ1) is 6.50. The standard InChI is InChI=1S/C11H12O3/c1-7(2)5-10(13)9-4-3-8(12)6-11(9)14/h3-6,12,14H,1-2H3. The fourth-order valence-corrected chi connectivity index (χ4v) is 1.07. The van der Waals surface area contributed by atoms with Gasteiger partial charge >= 0.3 is 0 Å². The van der Waals surface area contributed by atoms with Crippen LogP contribution in [0.1, 0.15) is 24.2 Å². The van der Waals surface area contributed by atoms with Crippen molar-refractivity contribution in [3.8, 4) is 11.5 Å². The molecule has 0 heterocycles. The predicted molar refractivity (Wildman–Crippen MR) is 53.5 cm³/mol. The van der Waals surface area contributed by atoms with Gasteiger partial charge in [-0.2, -0.15) is 0 Å². The van der Waals surface area contributed by atoms with E-state index in [9.17, 15) is 9.90 Å². The third-order valence-corrected chi connectivity index (χ3v) is 1.67. The van der Waals surface area contributed by atoms with Crippen LogP contribution in [0.25, 0.3) is 0 Å². The van der Waals surface area contributed by atoms with Crippen molar-refractivity contribution in [2.24, 2.45) is 0 Å². The number of ketones is 1. The number of hydrogen-bond donors (Lipinski definition) is 2. The molecule has 0 spiro atoms. The van der Waals surface area contributed by atoms with E-state index in [0.717, 1.165) is 11.6 Å². The SMILES string of the molecule is CC(C)=CC(=O)c1ccc(O)cc1O. The molecule has 1 aromatic rings. The molecule has 0 radical (unpaired) electrons. The molecule has 0 unspecified atom stereocenters. The number of aromatic hydroxyl groups is 2. The summed E-state index contributed by atoms with van der Waals surface area (Å²) in [5.41, 5.74) is 1.06. The van der Waals surface area contributed by atoms with Gasteiger partial charge in [0.1, 0.15) is 11.5 Å². The normalized spacial score (nSPS) is 9.57. The van der Waals surface area contributed by atoms with Crippen LogP contribution in [0.2, 0.25) is 0 Å². The van der Waals surface area contributed by atoms with E-state index in [1.165, 1.54) is 18.2 Å². The Kier molecular flexibility index (Phi) is 2.92. The number of phenols is 2. The van der Waals surface area contributed by atoms with Gasteiger partial charge in [-0.3, -0.25) is 4.79 Å². The highest BCUT2D eigenvalue weighted by Crippen LogP contribution is 2.23. The number of allylic oxidation sites excluding steroid dienone is 2. The Morgan fingerprint density at radius 2 is 1.93 bits per heavy atom. The molecule has 14 heavy (non-hydrogen) atoms. The topological polar surface area (TPSA) is 57.5 Å². The van der Waals surface area contributed by atoms with Crippen molar-refractivity contribution in [2.45, 2.75) is 13.8 Å². The van der Waals surface area contributed by atoms with Crippen molar-refractivity contribution >= 4 is 5.78 Å². The Morgan fingerprint density at radius 1 is 1.29 bits per heavy atom. The molecule has 1 rings (SSSR count). The van der Waals surface area contributed by atoms with Gasteiger partial charge in [0, 0.05) is 6.07 Å². The van der Waals surface area contributed by atoms with E-state index in [1.54, 1.807) is 13.8 Å². The smallest absolute Gasteiger partial charge is 0.189 e. The number of rotatable bonds is 2. The summed E-state index contributed by atoms with van der Waals surface area (Å²) in [5, 5.41) is 18.4. The Morgan fingerprint density at radius 3 is 2.43 bits per heavy atom. The maximum absolute atomic E-state index is 11.5. The predicted octanol–water partition coefficient (Wildman–Crippen LogP) is 2.25. The second kappa shape index (κ2) is 3.96. The maximum Gasteiger partial charge on any atom is 0.189 e. The highest BCUT2D eigenvalue weighted by molar-refractivity contribution is 6.06. The summed E-state index contributed by atoms with van der Waals surface area (Å²) >= 11 is 0. The van der Waals surface area contributed by atoms with Gasteiger partial charge in [0.05, 0.1) is 5.56 Å². The Hall–Kier alpha value is -1.77. The highest BCUT2D eigenvalue weighted by atomic mass is 16.3. The van der Waals surface area contributed by atoms with Gasteiger partial charge in [0.15, 0.2) is 5.78 Å². The lowest BCUT2D eigenvalue weighted by atomic mass is 10.1. The van der Waals surface area contributed by atoms with Gasteiger partial charge in [-0.05, 0) is 32.1 Å². The van der Waals surface area contributed by atoms with Crippen molar-refractivity contribution in [1.82, 2.24) is 0 Å². The summed E-state index contributed by atoms with van der Waals surface area (Å²) in [6.45, 7) is 3.60. The van der Waals surface area contributed by atoms with Gasteiger partial charge in [-0.25, -0.2) is 0 Å². The molecule has 0 aliphatic carbocycles. The molecule has 0 aromatic heterocycles. The van der Waals surface area contributed by atoms with Crippen molar-refractivity contribution in [3.05, 3.63) is 35.4 Å². The third-order valence-electron chi connectivity index (χ3n) is 1.67. The van der Waals surface area contributed by atoms with E-state index >= 15 is 0 Å². The molecule has 0 aliphatic heterocycles. The molecule has 3 heteroatoms. The van der Waals surface area contributed by atoms with Crippen LogP contribution in [0.15, 0.2) is 29.8 Å². The summed E-state index contributed by atoms with van der Waals surface area (Å²) < 4.78 is 0. The van der Waals surface area contributed by atoms with Crippen LogP contribution >= 0.6 is 0 Å². The molecule has 0 saturated heterocycles. The van der Waals surface area contributed by atoms with E-state index in [4.69, 9.17) is 5.11 Å². The van der Waals surface area contributed by atoms with Crippen molar-refractivity contribution in [3.63, 3.8) is 0 Å². The third kappa shape index (κ3) is 2.36. The number of phenolic OH excluding ortho intramolecular Hbond substituents is 2. The van der Waals surface area contributed by atoms with Gasteiger partial charge < -0.3 is 10.2 Å². The molecule has 2 N–H and O–H groups in total. The maximum atomic E-state index is 11.5. The number of carbonyl (C=O) groups excluding carboxylic acids is 1. The lowest BCUT2D eigenvalue weighted by Crippen LogP contribution is -1.95. The molecule has 0 atom stereocenters. The van der Waals surface area contributed by atoms with Crippen molar-refractivity contribution in [2.75, 3.05) is 0 Å². The second-order valence-corrected chi connectivity index (χ2v) is 3.29. The molecule has 0 aliphatic rings. The Bertz CT molecular complexity index is 388. The molecule has 0 saturated carbocycles. The zero-order valence-electron chi connectivity index (χ0n) is 8.11. The highest BCUT2D eigenvalue weighted by Gasteiger charge is 2.08. The van der Waals surface area contributed by atoms with E-state index in [-0.39, 0.29) is 22.8 Å². The van der Waals surface area contributed by atoms with Crippen LogP contribution < -0.4 is 0 Å². The quantitative estimate of drug-likeness (QED) is 0.558. The van der Waals surface area contributed by atoms with Crippen LogP contribution in [0, 0.1) is 0 Å². The van der Waals surface area contributed by atoms with Crippen molar-refractivity contribution in [1.29, 1.82) is 0 Å². The van der Waals surface area contributed by atoms with E-state index in [0.29, 0.717) is 0 Å². The van der Waals surface area contributed by atoms with E-state index < -0.39 is 0 Å². The summed E-state index contributed by atoms with van der Waals surface area (Å²) in [6, 6.07) is 3.91. The van der Waals surface area contributed by atoms with Crippen LogP contribution in [0.3, 0.4) is 0 Å². The first-order valence-corrected chi connectivity index (χ1v) is 4.22. The van der Waals surface area contributed by atoms with Crippen LogP contribution in [0.4, 0.5) is 0 Å². The molecule has 3 nitrogen and oxygen atoms in total. The molecule has 1 aromatic carbocycles. The summed E-state index contributed by atoms with van der Waals surface area (Å²) in [6.07, 6.45) is 1.44. The second-order valence-electron chi connectivity index (χ2n) is 3.29. The first-order valence-electron chi connectivity index (χ1n) is 4.22. The minimum atomic E-state index is -0.262. The van der Waals surface area contributed by atoms with Crippen molar-refractivity contribution < 1.29 is 15.0 Å². The largest absolute Gasteiger partial charge is 0.508 e. The summed E-state index contributed by atoms with van der Waals surface area (Å²) in [7, 11) is 0. The van der Waals surface area contributed by atoms with E-state index in [1.807, 2.05) is 0 Å². The minimum Gasteiger partial charge on any atom is -0.508 e. The molecule has 0 bridgehead atoms. The number of hydrogen-bond acceptors (Lipinski definition) is 3.